The highest BCUT2D eigenvalue weighted by Crippen LogP contribution is 2.46. The van der Waals surface area contributed by atoms with E-state index in [2.05, 4.69) is 4.99 Å². The summed E-state index contributed by atoms with van der Waals surface area (Å²) in [5, 5.41) is 3.40. The zero-order valence-electron chi connectivity index (χ0n) is 8.84. The van der Waals surface area contributed by atoms with E-state index in [4.69, 9.17) is 34.8 Å². The van der Waals surface area contributed by atoms with Crippen molar-refractivity contribution >= 4 is 63.3 Å². The minimum absolute atomic E-state index is 0.537. The number of hydrogen-bond acceptors (Lipinski definition) is 2. The Bertz CT molecular complexity index is 665. The Morgan fingerprint density at radius 2 is 1.76 bits per heavy atom. The van der Waals surface area contributed by atoms with E-state index in [9.17, 15) is 0 Å². The van der Waals surface area contributed by atoms with Crippen LogP contribution in [-0.4, -0.2) is 13.4 Å². The number of nitrogens with zero attached hydrogens (tertiary/aromatic N) is 2. The molecule has 0 aromatic heterocycles. The first kappa shape index (κ1) is 11.1. The molecule has 3 rings (SSSR count). The highest BCUT2D eigenvalue weighted by Gasteiger charge is 2.19. The van der Waals surface area contributed by atoms with Crippen molar-refractivity contribution < 1.29 is 0 Å². The maximum Gasteiger partial charge on any atom is 0.0955 e. The first-order chi connectivity index (χ1) is 8.09. The quantitative estimate of drug-likeness (QED) is 0.671. The van der Waals surface area contributed by atoms with E-state index in [1.807, 2.05) is 24.1 Å². The van der Waals surface area contributed by atoms with Crippen LogP contribution in [0.4, 0.5) is 11.4 Å². The molecule has 0 spiro atoms. The molecule has 0 fully saturated rings. The van der Waals surface area contributed by atoms with Crippen LogP contribution < -0.4 is 4.90 Å². The van der Waals surface area contributed by atoms with E-state index in [0.717, 1.165) is 22.1 Å². The van der Waals surface area contributed by atoms with Crippen LogP contribution in [0.1, 0.15) is 0 Å². The Morgan fingerprint density at radius 1 is 1.00 bits per heavy atom. The lowest BCUT2D eigenvalue weighted by molar-refractivity contribution is 1.28. The van der Waals surface area contributed by atoms with Gasteiger partial charge in [-0.05, 0) is 18.2 Å². The normalized spacial score (nSPS) is 13.5. The van der Waals surface area contributed by atoms with E-state index in [-0.39, 0.29) is 0 Å². The zero-order valence-corrected chi connectivity index (χ0v) is 11.1. The number of aliphatic imine (C=N–C) groups is 1. The van der Waals surface area contributed by atoms with Gasteiger partial charge in [0.2, 0.25) is 0 Å². The summed E-state index contributed by atoms with van der Waals surface area (Å²) < 4.78 is 0. The summed E-state index contributed by atoms with van der Waals surface area (Å²) in [5.74, 6) is 0. The fourth-order valence-electron chi connectivity index (χ4n) is 2.04. The third kappa shape index (κ3) is 1.52. The minimum atomic E-state index is 0.537. The smallest absolute Gasteiger partial charge is 0.0955 e. The lowest BCUT2D eigenvalue weighted by Crippen LogP contribution is -2.16. The van der Waals surface area contributed by atoms with Gasteiger partial charge in [-0.25, -0.2) is 4.99 Å². The lowest BCUT2D eigenvalue weighted by atomic mass is 10.0. The fraction of sp³-hybridized carbons (Fsp3) is 0.0833. The van der Waals surface area contributed by atoms with Gasteiger partial charge in [-0.2, -0.15) is 0 Å². The molecule has 0 saturated carbocycles. The zero-order chi connectivity index (χ0) is 12.2. The van der Waals surface area contributed by atoms with E-state index in [1.165, 1.54) is 0 Å². The fourth-order valence-corrected chi connectivity index (χ4v) is 2.96. The van der Waals surface area contributed by atoms with Gasteiger partial charge in [-0.15, -0.1) is 0 Å². The number of halogens is 3. The van der Waals surface area contributed by atoms with Gasteiger partial charge in [0.15, 0.2) is 0 Å². The largest absolute Gasteiger partial charge is 0.335 e. The Balaban J connectivity index is 2.60. The van der Waals surface area contributed by atoms with Gasteiger partial charge in [-0.3, -0.25) is 0 Å². The molecule has 2 aromatic rings. The van der Waals surface area contributed by atoms with Crippen molar-refractivity contribution in [3.63, 3.8) is 0 Å². The average molecular weight is 286 g/mol. The molecule has 2 aromatic carbocycles. The van der Waals surface area contributed by atoms with Gasteiger partial charge in [0, 0.05) is 17.8 Å². The summed E-state index contributed by atoms with van der Waals surface area (Å²) in [6.45, 7) is 0. The first-order valence-electron chi connectivity index (χ1n) is 4.97. The molecular formula is C12H7Cl3N2. The molecule has 1 heterocycles. The van der Waals surface area contributed by atoms with Gasteiger partial charge in [-0.1, -0.05) is 34.8 Å². The summed E-state index contributed by atoms with van der Waals surface area (Å²) in [4.78, 5) is 6.24. The van der Waals surface area contributed by atoms with E-state index in [1.54, 1.807) is 12.4 Å². The molecule has 5 heteroatoms. The van der Waals surface area contributed by atoms with Crippen LogP contribution in [0.25, 0.3) is 10.8 Å². The van der Waals surface area contributed by atoms with Gasteiger partial charge < -0.3 is 4.90 Å². The van der Waals surface area contributed by atoms with Crippen LogP contribution in [0.15, 0.2) is 23.2 Å². The third-order valence-electron chi connectivity index (χ3n) is 2.83. The lowest BCUT2D eigenvalue weighted by Gasteiger charge is -2.22. The Kier molecular flexibility index (Phi) is 2.47. The van der Waals surface area contributed by atoms with Crippen molar-refractivity contribution in [2.24, 2.45) is 4.99 Å². The van der Waals surface area contributed by atoms with Gasteiger partial charge in [0.25, 0.3) is 0 Å². The Hall–Kier alpha value is -0.960. The summed E-state index contributed by atoms with van der Waals surface area (Å²) in [6.07, 6.45) is 1.73. The van der Waals surface area contributed by atoms with Gasteiger partial charge in [0.1, 0.15) is 0 Å². The second kappa shape index (κ2) is 3.77. The summed E-state index contributed by atoms with van der Waals surface area (Å²) in [6, 6.07) is 5.45. The topological polar surface area (TPSA) is 15.6 Å². The minimum Gasteiger partial charge on any atom is -0.335 e. The van der Waals surface area contributed by atoms with Crippen molar-refractivity contribution in [2.75, 3.05) is 11.9 Å². The molecule has 0 bridgehead atoms. The maximum absolute atomic E-state index is 6.20. The molecule has 2 nitrogen and oxygen atoms in total. The van der Waals surface area contributed by atoms with Gasteiger partial charge >= 0.3 is 0 Å². The van der Waals surface area contributed by atoms with Crippen molar-refractivity contribution in [3.8, 4) is 0 Å². The monoisotopic (exact) mass is 284 g/mol. The van der Waals surface area contributed by atoms with Crippen LogP contribution in [0.3, 0.4) is 0 Å². The average Bonchev–Trinajstić information content (AvgIpc) is 2.27. The van der Waals surface area contributed by atoms with Crippen LogP contribution in [0.2, 0.25) is 15.1 Å². The van der Waals surface area contributed by atoms with E-state index < -0.39 is 0 Å². The summed E-state index contributed by atoms with van der Waals surface area (Å²) in [5.41, 5.74) is 1.72. The van der Waals surface area contributed by atoms with Crippen LogP contribution in [0, 0.1) is 0 Å². The molecule has 0 amide bonds. The molecule has 0 unspecified atom stereocenters. The highest BCUT2D eigenvalue weighted by atomic mass is 35.5. The Morgan fingerprint density at radius 3 is 2.53 bits per heavy atom. The first-order valence-corrected chi connectivity index (χ1v) is 6.10. The molecule has 86 valence electrons. The number of benzene rings is 2. The van der Waals surface area contributed by atoms with Crippen LogP contribution >= 0.6 is 34.8 Å². The van der Waals surface area contributed by atoms with Crippen molar-refractivity contribution in [3.05, 3.63) is 33.3 Å². The molecular weight excluding hydrogens is 279 g/mol. The predicted octanol–water partition coefficient (Wildman–Crippen LogP) is 4.91. The molecule has 0 atom stereocenters. The second-order valence-corrected chi connectivity index (χ2v) is 5.08. The van der Waals surface area contributed by atoms with Crippen LogP contribution in [-0.2, 0) is 0 Å². The predicted molar refractivity (Wildman–Crippen MR) is 75.5 cm³/mol. The second-order valence-electron chi connectivity index (χ2n) is 3.86. The number of rotatable bonds is 0. The molecule has 1 aliphatic heterocycles. The maximum atomic E-state index is 6.20. The SMILES string of the molecule is CN1C=Nc2c(Cl)cc(Cl)c3c(Cl)ccc1c23. The standard InChI is InChI=1S/C12H7Cl3N2/c1-17-5-16-12-8(15)4-7(14)10-6(13)2-3-9(17)11(10)12/h2-5H,1H3. The summed E-state index contributed by atoms with van der Waals surface area (Å²) in [7, 11) is 1.92. The van der Waals surface area contributed by atoms with E-state index in [0.29, 0.717) is 15.1 Å². The molecule has 0 aliphatic carbocycles. The van der Waals surface area contributed by atoms with Crippen molar-refractivity contribution in [1.82, 2.24) is 0 Å². The van der Waals surface area contributed by atoms with Crippen LogP contribution in [0.5, 0.6) is 0 Å². The van der Waals surface area contributed by atoms with Gasteiger partial charge in [0.05, 0.1) is 32.8 Å². The Labute approximate surface area is 113 Å². The van der Waals surface area contributed by atoms with E-state index >= 15 is 0 Å². The molecule has 0 radical (unpaired) electrons. The highest BCUT2D eigenvalue weighted by molar-refractivity contribution is 6.46. The molecule has 17 heavy (non-hydrogen) atoms. The number of hydrogen-bond donors (Lipinski definition) is 0. The van der Waals surface area contributed by atoms with Crippen molar-refractivity contribution in [1.29, 1.82) is 0 Å². The number of anilines is 1. The molecule has 0 N–H and O–H groups in total. The molecule has 0 saturated heterocycles. The molecule has 1 aliphatic rings. The summed E-state index contributed by atoms with van der Waals surface area (Å²) >= 11 is 18.5. The third-order valence-corrected chi connectivity index (χ3v) is 3.73. The van der Waals surface area contributed by atoms with Crippen molar-refractivity contribution in [2.45, 2.75) is 0 Å².